The number of halogens is 2. The molecule has 8 heteroatoms. The van der Waals surface area contributed by atoms with Gasteiger partial charge in [-0.25, -0.2) is 0 Å². The second-order valence-corrected chi connectivity index (χ2v) is 8.04. The van der Waals surface area contributed by atoms with Crippen LogP contribution in [-0.2, 0) is 4.79 Å². The number of carbonyl (C=O) groups excluding carboxylic acids is 2. The van der Waals surface area contributed by atoms with Crippen molar-refractivity contribution in [1.82, 2.24) is 14.8 Å². The van der Waals surface area contributed by atoms with Crippen molar-refractivity contribution in [3.63, 3.8) is 0 Å². The molecule has 0 bridgehead atoms. The molecule has 1 amide bonds. The minimum atomic E-state index is -0.108. The Kier molecular flexibility index (Phi) is 6.27. The largest absolute Gasteiger partial charge is 0.482 e. The van der Waals surface area contributed by atoms with Crippen LogP contribution in [-0.4, -0.2) is 65.8 Å². The van der Waals surface area contributed by atoms with E-state index >= 15 is 0 Å². The molecule has 1 aromatic heterocycles. The number of hydrogen-bond acceptors (Lipinski definition) is 4. The molecule has 2 heterocycles. The van der Waals surface area contributed by atoms with Crippen molar-refractivity contribution in [2.75, 3.05) is 39.3 Å². The average Bonchev–Trinajstić information content (AvgIpc) is 3.18. The maximum absolute atomic E-state index is 12.7. The molecule has 4 rings (SSSR count). The van der Waals surface area contributed by atoms with Crippen LogP contribution in [0.1, 0.15) is 10.4 Å². The van der Waals surface area contributed by atoms with Gasteiger partial charge < -0.3 is 14.6 Å². The van der Waals surface area contributed by atoms with E-state index in [4.69, 9.17) is 27.9 Å². The lowest BCUT2D eigenvalue weighted by molar-refractivity contribution is -0.135. The SMILES string of the molecule is O=C(CN1CCN(C(=O)COc2ccc(Cl)cc2Cl)CC1)c1c[nH]c2ccccc12. The van der Waals surface area contributed by atoms with Crippen LogP contribution in [0.5, 0.6) is 5.75 Å². The van der Waals surface area contributed by atoms with Gasteiger partial charge in [0.2, 0.25) is 0 Å². The van der Waals surface area contributed by atoms with Crippen LogP contribution in [0.25, 0.3) is 10.9 Å². The Labute approximate surface area is 184 Å². The van der Waals surface area contributed by atoms with Crippen LogP contribution in [0.4, 0.5) is 0 Å². The van der Waals surface area contributed by atoms with Crippen LogP contribution < -0.4 is 4.74 Å². The number of ketones is 1. The number of rotatable bonds is 6. The number of benzene rings is 2. The zero-order valence-corrected chi connectivity index (χ0v) is 17.7. The molecule has 0 unspecified atom stereocenters. The third-order valence-corrected chi connectivity index (χ3v) is 5.76. The lowest BCUT2D eigenvalue weighted by Crippen LogP contribution is -2.51. The molecule has 0 radical (unpaired) electrons. The Balaban J connectivity index is 1.27. The summed E-state index contributed by atoms with van der Waals surface area (Å²) in [7, 11) is 0. The smallest absolute Gasteiger partial charge is 0.260 e. The van der Waals surface area contributed by atoms with Gasteiger partial charge in [0.15, 0.2) is 12.4 Å². The van der Waals surface area contributed by atoms with Crippen LogP contribution >= 0.6 is 23.2 Å². The van der Waals surface area contributed by atoms with Crippen molar-refractivity contribution in [2.24, 2.45) is 0 Å². The van der Waals surface area contributed by atoms with E-state index in [1.165, 1.54) is 0 Å². The summed E-state index contributed by atoms with van der Waals surface area (Å²) in [4.78, 5) is 32.1. The monoisotopic (exact) mass is 445 g/mol. The highest BCUT2D eigenvalue weighted by Gasteiger charge is 2.24. The van der Waals surface area contributed by atoms with Gasteiger partial charge in [-0.3, -0.25) is 14.5 Å². The number of aromatic nitrogens is 1. The fourth-order valence-corrected chi connectivity index (χ4v) is 4.03. The zero-order chi connectivity index (χ0) is 21.1. The van der Waals surface area contributed by atoms with Gasteiger partial charge >= 0.3 is 0 Å². The summed E-state index contributed by atoms with van der Waals surface area (Å²) in [5.74, 6) is 0.397. The molecule has 30 heavy (non-hydrogen) atoms. The van der Waals surface area contributed by atoms with Crippen molar-refractivity contribution >= 4 is 45.8 Å². The second-order valence-electron chi connectivity index (χ2n) is 7.19. The molecule has 0 aliphatic carbocycles. The first-order chi connectivity index (χ1) is 14.5. The number of nitrogens with one attached hydrogen (secondary N) is 1. The number of ether oxygens (including phenoxy) is 1. The summed E-state index contributed by atoms with van der Waals surface area (Å²) >= 11 is 11.9. The molecule has 1 N–H and O–H groups in total. The van der Waals surface area contributed by atoms with E-state index in [2.05, 4.69) is 9.88 Å². The number of aromatic amines is 1. The Hall–Kier alpha value is -2.54. The standard InChI is InChI=1S/C22H21Cl2N3O3/c23-15-5-6-21(18(24)11-15)30-14-22(29)27-9-7-26(8-10-27)13-20(28)17-12-25-19-4-2-1-3-16(17)19/h1-6,11-12,25H,7-10,13-14H2. The van der Waals surface area contributed by atoms with Gasteiger partial charge in [-0.05, 0) is 24.3 Å². The first-order valence-corrected chi connectivity index (χ1v) is 10.4. The molecule has 1 fully saturated rings. The number of para-hydroxylation sites is 1. The fraction of sp³-hybridized carbons (Fsp3) is 0.273. The van der Waals surface area contributed by atoms with Crippen LogP contribution in [0.3, 0.4) is 0 Å². The summed E-state index contributed by atoms with van der Waals surface area (Å²) < 4.78 is 5.54. The molecule has 3 aromatic rings. The van der Waals surface area contributed by atoms with Crippen molar-refractivity contribution in [1.29, 1.82) is 0 Å². The Morgan fingerprint density at radius 1 is 1.03 bits per heavy atom. The van der Waals surface area contributed by atoms with Crippen molar-refractivity contribution < 1.29 is 14.3 Å². The number of Topliss-reactive ketones (excluding diaryl/α,β-unsaturated/α-hetero) is 1. The van der Waals surface area contributed by atoms with Gasteiger partial charge in [-0.1, -0.05) is 41.4 Å². The van der Waals surface area contributed by atoms with Crippen LogP contribution in [0, 0.1) is 0 Å². The molecule has 0 saturated carbocycles. The molecule has 0 spiro atoms. The highest BCUT2D eigenvalue weighted by atomic mass is 35.5. The van der Waals surface area contributed by atoms with E-state index in [0.717, 1.165) is 10.9 Å². The molecule has 1 aliphatic heterocycles. The first-order valence-electron chi connectivity index (χ1n) is 9.68. The molecule has 156 valence electrons. The normalized spacial score (nSPS) is 14.8. The van der Waals surface area contributed by atoms with Gasteiger partial charge in [-0.15, -0.1) is 0 Å². The summed E-state index contributed by atoms with van der Waals surface area (Å²) in [5.41, 5.74) is 1.66. The fourth-order valence-electron chi connectivity index (χ4n) is 3.57. The molecule has 1 saturated heterocycles. The predicted molar refractivity (Wildman–Crippen MR) is 118 cm³/mol. The van der Waals surface area contributed by atoms with Gasteiger partial charge in [0.25, 0.3) is 5.91 Å². The molecule has 6 nitrogen and oxygen atoms in total. The second kappa shape index (κ2) is 9.08. The molecule has 2 aromatic carbocycles. The first kappa shape index (κ1) is 20.7. The summed E-state index contributed by atoms with van der Waals surface area (Å²) in [6, 6.07) is 12.7. The number of piperazine rings is 1. The highest BCUT2D eigenvalue weighted by Crippen LogP contribution is 2.27. The van der Waals surface area contributed by atoms with E-state index < -0.39 is 0 Å². The van der Waals surface area contributed by atoms with Crippen molar-refractivity contribution in [3.05, 3.63) is 64.3 Å². The number of H-pyrrole nitrogens is 1. The topological polar surface area (TPSA) is 65.6 Å². The van der Waals surface area contributed by atoms with E-state index in [1.807, 2.05) is 24.3 Å². The summed E-state index contributed by atoms with van der Waals surface area (Å²) in [5, 5.41) is 1.82. The maximum Gasteiger partial charge on any atom is 0.260 e. The molecular formula is C22H21Cl2N3O3. The summed E-state index contributed by atoms with van der Waals surface area (Å²) in [6.07, 6.45) is 1.77. The Bertz CT molecular complexity index is 1070. The summed E-state index contributed by atoms with van der Waals surface area (Å²) in [6.45, 7) is 2.63. The third-order valence-electron chi connectivity index (χ3n) is 5.23. The molecular weight excluding hydrogens is 425 g/mol. The minimum absolute atomic E-state index is 0.0768. The average molecular weight is 446 g/mol. The van der Waals surface area contributed by atoms with Crippen molar-refractivity contribution in [3.8, 4) is 5.75 Å². The number of amides is 1. The predicted octanol–water partition coefficient (Wildman–Crippen LogP) is 3.88. The van der Waals surface area contributed by atoms with E-state index in [9.17, 15) is 9.59 Å². The molecule has 0 atom stereocenters. The van der Waals surface area contributed by atoms with Crippen LogP contribution in [0.2, 0.25) is 10.0 Å². The minimum Gasteiger partial charge on any atom is -0.482 e. The van der Waals surface area contributed by atoms with E-state index in [-0.39, 0.29) is 18.3 Å². The number of nitrogens with zero attached hydrogens (tertiary/aromatic N) is 2. The quantitative estimate of drug-likeness (QED) is 0.584. The van der Waals surface area contributed by atoms with Gasteiger partial charge in [0.1, 0.15) is 5.75 Å². The van der Waals surface area contributed by atoms with Gasteiger partial charge in [-0.2, -0.15) is 0 Å². The van der Waals surface area contributed by atoms with E-state index in [0.29, 0.717) is 54.1 Å². The number of fused-ring (bicyclic) bond motifs is 1. The third kappa shape index (κ3) is 4.61. The number of carbonyl (C=O) groups is 2. The van der Waals surface area contributed by atoms with Gasteiger partial charge in [0.05, 0.1) is 11.6 Å². The highest BCUT2D eigenvalue weighted by molar-refractivity contribution is 6.35. The van der Waals surface area contributed by atoms with Crippen molar-refractivity contribution in [2.45, 2.75) is 0 Å². The van der Waals surface area contributed by atoms with Crippen LogP contribution in [0.15, 0.2) is 48.7 Å². The molecule has 1 aliphatic rings. The lowest BCUT2D eigenvalue weighted by Gasteiger charge is -2.34. The maximum atomic E-state index is 12.7. The lowest BCUT2D eigenvalue weighted by atomic mass is 10.1. The Morgan fingerprint density at radius 3 is 2.57 bits per heavy atom. The zero-order valence-electron chi connectivity index (χ0n) is 16.2. The van der Waals surface area contributed by atoms with Gasteiger partial charge in [0, 0.05) is 53.9 Å². The van der Waals surface area contributed by atoms with E-state index in [1.54, 1.807) is 29.3 Å². The number of hydrogen-bond donors (Lipinski definition) is 1. The Morgan fingerprint density at radius 2 is 1.80 bits per heavy atom.